The van der Waals surface area contributed by atoms with Gasteiger partial charge in [0.25, 0.3) is 5.91 Å². The topological polar surface area (TPSA) is 87.2 Å². The summed E-state index contributed by atoms with van der Waals surface area (Å²) in [5.41, 5.74) is 2.55. The van der Waals surface area contributed by atoms with Gasteiger partial charge in [-0.2, -0.15) is 0 Å². The molecule has 24 heavy (non-hydrogen) atoms. The summed E-state index contributed by atoms with van der Waals surface area (Å²) in [4.78, 5) is 33.6. The largest absolute Gasteiger partial charge is 0.367 e. The summed E-state index contributed by atoms with van der Waals surface area (Å²) in [5.74, 6) is 0.578. The first-order valence-electron chi connectivity index (χ1n) is 7.84. The lowest BCUT2D eigenvalue weighted by atomic mass is 10.1. The van der Waals surface area contributed by atoms with E-state index in [1.54, 1.807) is 36.5 Å². The summed E-state index contributed by atoms with van der Waals surface area (Å²) in [6.07, 6.45) is 5.62. The summed E-state index contributed by atoms with van der Waals surface area (Å²) >= 11 is 0. The third kappa shape index (κ3) is 3.51. The van der Waals surface area contributed by atoms with Gasteiger partial charge >= 0.3 is 0 Å². The number of nitrogens with one attached hydrogen (secondary N) is 2. The van der Waals surface area contributed by atoms with E-state index in [4.69, 9.17) is 0 Å². The van der Waals surface area contributed by atoms with Crippen molar-refractivity contribution in [2.24, 2.45) is 0 Å². The standard InChI is InChI=1S/C17H19N5O2/c1-12(23)22-9-4-13-10-14(2-3-15(13)22)17(24)21-8-7-20-16-11-18-5-6-19-16/h2-3,5-6,10-11H,4,7-9H2,1H3,(H,19,20)(H,21,24). The van der Waals surface area contributed by atoms with Crippen LogP contribution in [-0.2, 0) is 11.2 Å². The molecule has 1 aliphatic rings. The zero-order valence-corrected chi connectivity index (χ0v) is 13.5. The molecule has 2 heterocycles. The quantitative estimate of drug-likeness (QED) is 0.807. The molecule has 7 nitrogen and oxygen atoms in total. The second-order valence-electron chi connectivity index (χ2n) is 5.54. The molecule has 0 atom stereocenters. The molecule has 1 aliphatic heterocycles. The van der Waals surface area contributed by atoms with Gasteiger partial charge < -0.3 is 15.5 Å². The van der Waals surface area contributed by atoms with Crippen LogP contribution in [0.2, 0.25) is 0 Å². The molecule has 3 rings (SSSR count). The van der Waals surface area contributed by atoms with Gasteiger partial charge in [0, 0.05) is 50.2 Å². The number of hydrogen-bond acceptors (Lipinski definition) is 5. The molecule has 2 N–H and O–H groups in total. The molecule has 2 amide bonds. The maximum atomic E-state index is 12.2. The fraction of sp³-hybridized carbons (Fsp3) is 0.294. The summed E-state index contributed by atoms with van der Waals surface area (Å²) in [6, 6.07) is 5.46. The van der Waals surface area contributed by atoms with Crippen LogP contribution in [0.1, 0.15) is 22.8 Å². The Morgan fingerprint density at radius 3 is 2.88 bits per heavy atom. The Morgan fingerprint density at radius 2 is 2.12 bits per heavy atom. The van der Waals surface area contributed by atoms with Crippen LogP contribution in [0.25, 0.3) is 0 Å². The lowest BCUT2D eigenvalue weighted by molar-refractivity contribution is -0.116. The van der Waals surface area contributed by atoms with Crippen molar-refractivity contribution in [1.82, 2.24) is 15.3 Å². The molecule has 0 fully saturated rings. The third-order valence-corrected chi connectivity index (χ3v) is 3.90. The van der Waals surface area contributed by atoms with Gasteiger partial charge in [-0.3, -0.25) is 14.6 Å². The maximum Gasteiger partial charge on any atom is 0.251 e. The van der Waals surface area contributed by atoms with E-state index < -0.39 is 0 Å². The van der Waals surface area contributed by atoms with E-state index in [1.807, 2.05) is 12.1 Å². The molecule has 0 saturated heterocycles. The first-order valence-corrected chi connectivity index (χ1v) is 7.84. The second-order valence-corrected chi connectivity index (χ2v) is 5.54. The van der Waals surface area contributed by atoms with Crippen molar-refractivity contribution in [3.8, 4) is 0 Å². The van der Waals surface area contributed by atoms with Crippen LogP contribution >= 0.6 is 0 Å². The Hall–Kier alpha value is -2.96. The highest BCUT2D eigenvalue weighted by atomic mass is 16.2. The van der Waals surface area contributed by atoms with Gasteiger partial charge in [-0.1, -0.05) is 0 Å². The van der Waals surface area contributed by atoms with E-state index in [2.05, 4.69) is 20.6 Å². The fourth-order valence-electron chi connectivity index (χ4n) is 2.73. The SMILES string of the molecule is CC(=O)N1CCc2cc(C(=O)NCCNc3cnccn3)ccc21. The molecular formula is C17H19N5O2. The normalized spacial score (nSPS) is 12.6. The van der Waals surface area contributed by atoms with Crippen molar-refractivity contribution in [1.29, 1.82) is 0 Å². The Bertz CT molecular complexity index is 748. The number of fused-ring (bicyclic) bond motifs is 1. The van der Waals surface area contributed by atoms with E-state index in [0.717, 1.165) is 17.7 Å². The highest BCUT2D eigenvalue weighted by Crippen LogP contribution is 2.28. The molecule has 2 aromatic rings. The molecule has 0 bridgehead atoms. The lowest BCUT2D eigenvalue weighted by Gasteiger charge is -2.14. The number of nitrogens with zero attached hydrogens (tertiary/aromatic N) is 3. The van der Waals surface area contributed by atoms with Crippen LogP contribution in [-0.4, -0.2) is 41.4 Å². The first-order chi connectivity index (χ1) is 11.6. The molecule has 0 unspecified atom stereocenters. The summed E-state index contributed by atoms with van der Waals surface area (Å²) < 4.78 is 0. The van der Waals surface area contributed by atoms with Gasteiger partial charge in [-0.25, -0.2) is 4.98 Å². The zero-order chi connectivity index (χ0) is 16.9. The number of carbonyl (C=O) groups is 2. The van der Waals surface area contributed by atoms with Crippen molar-refractivity contribution in [2.45, 2.75) is 13.3 Å². The van der Waals surface area contributed by atoms with Gasteiger partial charge in [0.2, 0.25) is 5.91 Å². The zero-order valence-electron chi connectivity index (χ0n) is 13.5. The Labute approximate surface area is 140 Å². The van der Waals surface area contributed by atoms with Crippen molar-refractivity contribution < 1.29 is 9.59 Å². The number of rotatable bonds is 5. The summed E-state index contributed by atoms with van der Waals surface area (Å²) in [6.45, 7) is 3.27. The molecule has 0 spiro atoms. The fourth-order valence-corrected chi connectivity index (χ4v) is 2.73. The first kappa shape index (κ1) is 15.9. The van der Waals surface area contributed by atoms with Gasteiger partial charge in [0.05, 0.1) is 6.20 Å². The Kier molecular flexibility index (Phi) is 4.69. The van der Waals surface area contributed by atoms with E-state index in [0.29, 0.717) is 31.0 Å². The van der Waals surface area contributed by atoms with E-state index in [1.165, 1.54) is 0 Å². The maximum absolute atomic E-state index is 12.2. The minimum absolute atomic E-state index is 0.0287. The molecule has 1 aromatic heterocycles. The van der Waals surface area contributed by atoms with Crippen molar-refractivity contribution >= 4 is 23.3 Å². The average molecular weight is 325 g/mol. The minimum atomic E-state index is -0.125. The van der Waals surface area contributed by atoms with Crippen LogP contribution in [0, 0.1) is 0 Å². The third-order valence-electron chi connectivity index (χ3n) is 3.90. The molecule has 0 radical (unpaired) electrons. The Balaban J connectivity index is 1.53. The van der Waals surface area contributed by atoms with Crippen LogP contribution < -0.4 is 15.5 Å². The lowest BCUT2D eigenvalue weighted by Crippen LogP contribution is -2.29. The van der Waals surface area contributed by atoms with Crippen molar-refractivity contribution in [3.63, 3.8) is 0 Å². The predicted octanol–water partition coefficient (Wildman–Crippen LogP) is 1.23. The monoisotopic (exact) mass is 325 g/mol. The van der Waals surface area contributed by atoms with Crippen LogP contribution in [0.5, 0.6) is 0 Å². The number of hydrogen-bond donors (Lipinski definition) is 2. The van der Waals surface area contributed by atoms with Gasteiger partial charge in [0.15, 0.2) is 0 Å². The molecule has 1 aromatic carbocycles. The van der Waals surface area contributed by atoms with Gasteiger partial charge in [0.1, 0.15) is 5.82 Å². The van der Waals surface area contributed by atoms with Crippen LogP contribution in [0.15, 0.2) is 36.8 Å². The summed E-state index contributed by atoms with van der Waals surface area (Å²) in [5, 5.41) is 5.94. The molecular weight excluding hydrogens is 306 g/mol. The average Bonchev–Trinajstić information content (AvgIpc) is 3.03. The van der Waals surface area contributed by atoms with Gasteiger partial charge in [-0.05, 0) is 30.2 Å². The number of anilines is 2. The highest BCUT2D eigenvalue weighted by Gasteiger charge is 2.22. The number of amides is 2. The summed E-state index contributed by atoms with van der Waals surface area (Å²) in [7, 11) is 0. The van der Waals surface area contributed by atoms with Gasteiger partial charge in [-0.15, -0.1) is 0 Å². The smallest absolute Gasteiger partial charge is 0.251 e. The van der Waals surface area contributed by atoms with E-state index >= 15 is 0 Å². The minimum Gasteiger partial charge on any atom is -0.367 e. The number of benzene rings is 1. The van der Waals surface area contributed by atoms with Crippen LogP contribution in [0.3, 0.4) is 0 Å². The number of aromatic nitrogens is 2. The van der Waals surface area contributed by atoms with Crippen molar-refractivity contribution in [3.05, 3.63) is 47.9 Å². The van der Waals surface area contributed by atoms with Crippen molar-refractivity contribution in [2.75, 3.05) is 29.9 Å². The molecule has 7 heteroatoms. The predicted molar refractivity (Wildman–Crippen MR) is 91.0 cm³/mol. The molecule has 0 saturated carbocycles. The highest BCUT2D eigenvalue weighted by molar-refractivity contribution is 5.97. The second kappa shape index (κ2) is 7.08. The van der Waals surface area contributed by atoms with E-state index in [-0.39, 0.29) is 11.8 Å². The molecule has 124 valence electrons. The van der Waals surface area contributed by atoms with Crippen LogP contribution in [0.4, 0.5) is 11.5 Å². The number of carbonyl (C=O) groups excluding carboxylic acids is 2. The Morgan fingerprint density at radius 1 is 1.25 bits per heavy atom. The molecule has 0 aliphatic carbocycles. The van der Waals surface area contributed by atoms with E-state index in [9.17, 15) is 9.59 Å².